The Morgan fingerprint density at radius 3 is 2.12 bits per heavy atom. The third kappa shape index (κ3) is 5.71. The predicted octanol–water partition coefficient (Wildman–Crippen LogP) is 3.07. The first-order chi connectivity index (χ1) is 15.3. The van der Waals surface area contributed by atoms with Gasteiger partial charge in [0.05, 0.1) is 6.61 Å². The molecule has 33 heavy (non-hydrogen) atoms. The number of rotatable bonds is 6. The van der Waals surface area contributed by atoms with Gasteiger partial charge < -0.3 is 14.4 Å². The molecule has 3 heterocycles. The van der Waals surface area contributed by atoms with Crippen LogP contribution >= 0.6 is 0 Å². The highest BCUT2D eigenvalue weighted by Crippen LogP contribution is 2.37. The van der Waals surface area contributed by atoms with Gasteiger partial charge in [-0.05, 0) is 25.7 Å². The summed E-state index contributed by atoms with van der Waals surface area (Å²) in [7, 11) is 0. The molecule has 0 aromatic carbocycles. The van der Waals surface area contributed by atoms with Gasteiger partial charge in [-0.25, -0.2) is 9.59 Å². The van der Waals surface area contributed by atoms with Gasteiger partial charge in [0.25, 0.3) is 6.10 Å². The second kappa shape index (κ2) is 9.39. The molecule has 8 nitrogen and oxygen atoms in total. The highest BCUT2D eigenvalue weighted by molar-refractivity contribution is 5.88. The van der Waals surface area contributed by atoms with Crippen molar-refractivity contribution in [2.45, 2.75) is 45.4 Å². The first kappa shape index (κ1) is 25.1. The average molecular weight is 486 g/mol. The van der Waals surface area contributed by atoms with E-state index in [1.807, 2.05) is 11.8 Å². The van der Waals surface area contributed by atoms with E-state index in [2.05, 4.69) is 9.84 Å². The van der Waals surface area contributed by atoms with E-state index in [0.29, 0.717) is 31.7 Å². The third-order valence-corrected chi connectivity index (χ3v) is 5.66. The molecule has 2 saturated heterocycles. The fraction of sp³-hybridized carbons (Fsp3) is 0.737. The molecule has 0 spiro atoms. The van der Waals surface area contributed by atoms with E-state index in [0.717, 1.165) is 4.90 Å². The number of fused-ring (bicyclic) bond motifs is 1. The van der Waals surface area contributed by atoms with Crippen LogP contribution in [0.1, 0.15) is 29.9 Å². The van der Waals surface area contributed by atoms with E-state index in [9.17, 15) is 35.9 Å². The molecule has 3 rings (SSSR count). The van der Waals surface area contributed by atoms with Gasteiger partial charge in [0.15, 0.2) is 5.69 Å². The molecule has 1 aromatic heterocycles. The number of carbonyl (C=O) groups excluding carboxylic acids is 2. The maximum absolute atomic E-state index is 12.7. The highest BCUT2D eigenvalue weighted by Gasteiger charge is 2.60. The molecule has 0 saturated carbocycles. The zero-order chi connectivity index (χ0) is 24.6. The Morgan fingerprint density at radius 1 is 1.06 bits per heavy atom. The maximum Gasteiger partial charge on any atom is 0.434 e. The van der Waals surface area contributed by atoms with Crippen LogP contribution in [-0.2, 0) is 22.6 Å². The number of carbonyl (C=O) groups is 2. The van der Waals surface area contributed by atoms with Crippen LogP contribution in [0.5, 0.6) is 0 Å². The Labute approximate surface area is 185 Å². The van der Waals surface area contributed by atoms with Gasteiger partial charge in [-0.15, -0.1) is 0 Å². The van der Waals surface area contributed by atoms with Gasteiger partial charge in [-0.2, -0.15) is 31.4 Å². The predicted molar refractivity (Wildman–Crippen MR) is 100 cm³/mol. The summed E-state index contributed by atoms with van der Waals surface area (Å²) >= 11 is 0. The van der Waals surface area contributed by atoms with Crippen LogP contribution in [0.15, 0.2) is 6.20 Å². The number of ether oxygens (including phenoxy) is 2. The van der Waals surface area contributed by atoms with Crippen LogP contribution in [0.4, 0.5) is 31.1 Å². The quantitative estimate of drug-likeness (QED) is 0.455. The Kier molecular flexibility index (Phi) is 7.15. The van der Waals surface area contributed by atoms with E-state index in [1.165, 1.54) is 0 Å². The molecular weight excluding hydrogens is 462 g/mol. The van der Waals surface area contributed by atoms with E-state index < -0.39 is 30.5 Å². The molecular formula is C19H24F6N4O4. The minimum atomic E-state index is -5.75. The molecule has 1 amide bonds. The van der Waals surface area contributed by atoms with Gasteiger partial charge >= 0.3 is 24.4 Å². The molecule has 2 unspecified atom stereocenters. The fourth-order valence-electron chi connectivity index (χ4n) is 4.22. The minimum Gasteiger partial charge on any atom is -0.461 e. The van der Waals surface area contributed by atoms with Crippen molar-refractivity contribution in [3.05, 3.63) is 17.5 Å². The smallest absolute Gasteiger partial charge is 0.434 e. The molecule has 0 bridgehead atoms. The number of likely N-dealkylation sites (tertiary alicyclic amines) is 2. The lowest BCUT2D eigenvalue weighted by Gasteiger charge is -2.26. The number of hydrogen-bond acceptors (Lipinski definition) is 6. The van der Waals surface area contributed by atoms with Crippen molar-refractivity contribution < 1.29 is 45.4 Å². The van der Waals surface area contributed by atoms with Gasteiger partial charge in [-0.3, -0.25) is 9.58 Å². The lowest BCUT2D eigenvalue weighted by Crippen LogP contribution is -2.48. The lowest BCUT2D eigenvalue weighted by molar-refractivity contribution is -0.308. The molecule has 0 N–H and O–H groups in total. The average Bonchev–Trinajstić information content (AvgIpc) is 3.37. The Morgan fingerprint density at radius 2 is 1.64 bits per heavy atom. The van der Waals surface area contributed by atoms with Crippen LogP contribution in [0.2, 0.25) is 0 Å². The van der Waals surface area contributed by atoms with Crippen molar-refractivity contribution >= 4 is 12.1 Å². The van der Waals surface area contributed by atoms with E-state index in [4.69, 9.17) is 4.74 Å². The Bertz CT molecular complexity index is 843. The maximum atomic E-state index is 12.7. The van der Waals surface area contributed by atoms with Crippen LogP contribution in [0, 0.1) is 11.8 Å². The molecule has 2 aliphatic heterocycles. The van der Waals surface area contributed by atoms with Crippen molar-refractivity contribution in [3.8, 4) is 0 Å². The first-order valence-electron chi connectivity index (χ1n) is 10.4. The topological polar surface area (TPSA) is 76.9 Å². The SMILES string of the molecule is CCOC(=O)c1nn(CC)cc1CN1CC2CN(C(=O)OC(C(F)(F)F)C(F)(F)F)CC2C1. The van der Waals surface area contributed by atoms with Gasteiger partial charge in [-0.1, -0.05) is 0 Å². The van der Waals surface area contributed by atoms with Crippen LogP contribution in [0.3, 0.4) is 0 Å². The van der Waals surface area contributed by atoms with E-state index in [1.54, 1.807) is 17.8 Å². The summed E-state index contributed by atoms with van der Waals surface area (Å²) in [4.78, 5) is 27.1. The lowest BCUT2D eigenvalue weighted by atomic mass is 10.0. The Hall–Kier alpha value is -2.51. The number of aromatic nitrogens is 2. The summed E-state index contributed by atoms with van der Waals surface area (Å²) in [5, 5.41) is 4.23. The number of alkyl halides is 6. The molecule has 2 fully saturated rings. The molecule has 1 aromatic rings. The standard InChI is InChI=1S/C19H24F6N4O4/c1-3-29-10-13(14(26-29)15(30)32-4-2)7-27-5-11-8-28(9-12(11)6-27)17(31)33-16(18(20,21)22)19(23,24)25/h10-12,16H,3-9H2,1-2H3. The number of nitrogens with zero attached hydrogens (tertiary/aromatic N) is 4. The third-order valence-electron chi connectivity index (χ3n) is 5.66. The number of aryl methyl sites for hydroxylation is 1. The second-order valence-electron chi connectivity index (χ2n) is 8.05. The second-order valence-corrected chi connectivity index (χ2v) is 8.05. The first-order valence-corrected chi connectivity index (χ1v) is 10.4. The number of amides is 1. The zero-order valence-electron chi connectivity index (χ0n) is 17.9. The van der Waals surface area contributed by atoms with Crippen LogP contribution in [-0.4, -0.2) is 82.9 Å². The summed E-state index contributed by atoms with van der Waals surface area (Å²) in [6.45, 7) is 5.54. The number of halogens is 6. The zero-order valence-corrected chi connectivity index (χ0v) is 17.9. The molecule has 2 atom stereocenters. The molecule has 186 valence electrons. The van der Waals surface area contributed by atoms with Crippen molar-refractivity contribution in [3.63, 3.8) is 0 Å². The fourth-order valence-corrected chi connectivity index (χ4v) is 4.22. The summed E-state index contributed by atoms with van der Waals surface area (Å²) in [5.41, 5.74) is 0.857. The number of esters is 1. The van der Waals surface area contributed by atoms with Crippen LogP contribution < -0.4 is 0 Å². The summed E-state index contributed by atoms with van der Waals surface area (Å²) in [6, 6.07) is 0. The normalized spacial score (nSPS) is 21.5. The van der Waals surface area contributed by atoms with Gasteiger partial charge in [0, 0.05) is 51.0 Å². The molecule has 2 aliphatic rings. The van der Waals surface area contributed by atoms with Gasteiger partial charge in [0.2, 0.25) is 0 Å². The largest absolute Gasteiger partial charge is 0.461 e. The van der Waals surface area contributed by atoms with E-state index >= 15 is 0 Å². The molecule has 0 radical (unpaired) electrons. The van der Waals surface area contributed by atoms with Crippen molar-refractivity contribution in [2.75, 3.05) is 32.8 Å². The Balaban J connectivity index is 1.59. The minimum absolute atomic E-state index is 0.0125. The van der Waals surface area contributed by atoms with E-state index in [-0.39, 0.29) is 37.2 Å². The van der Waals surface area contributed by atoms with Crippen LogP contribution in [0.25, 0.3) is 0 Å². The van der Waals surface area contributed by atoms with Crippen molar-refractivity contribution in [1.82, 2.24) is 19.6 Å². The monoisotopic (exact) mass is 486 g/mol. The molecule has 14 heteroatoms. The summed E-state index contributed by atoms with van der Waals surface area (Å²) < 4.78 is 86.4. The highest BCUT2D eigenvalue weighted by atomic mass is 19.4. The summed E-state index contributed by atoms with van der Waals surface area (Å²) in [6.07, 6.45) is -15.6. The molecule has 0 aliphatic carbocycles. The van der Waals surface area contributed by atoms with Crippen molar-refractivity contribution in [1.29, 1.82) is 0 Å². The number of hydrogen-bond donors (Lipinski definition) is 0. The summed E-state index contributed by atoms with van der Waals surface area (Å²) in [5.74, 6) is -0.822. The van der Waals surface area contributed by atoms with Gasteiger partial charge in [0.1, 0.15) is 0 Å². The van der Waals surface area contributed by atoms with Crippen molar-refractivity contribution in [2.24, 2.45) is 11.8 Å².